The van der Waals surface area contributed by atoms with E-state index in [9.17, 15) is 0 Å². The van der Waals surface area contributed by atoms with E-state index in [2.05, 4.69) is 15.0 Å². The molecule has 0 aliphatic rings. The van der Waals surface area contributed by atoms with Gasteiger partial charge in [-0.05, 0) is 37.2 Å². The first kappa shape index (κ1) is 14.4. The van der Waals surface area contributed by atoms with Crippen LogP contribution in [0.5, 0.6) is 6.01 Å². The lowest BCUT2D eigenvalue weighted by Gasteiger charge is -2.20. The van der Waals surface area contributed by atoms with Gasteiger partial charge in [0, 0.05) is 13.1 Å². The summed E-state index contributed by atoms with van der Waals surface area (Å²) < 4.78 is 5.62. The molecular formula is C9H13ClN4OS2. The number of thiocarbonyl (C=S) groups is 1. The molecule has 0 atom stereocenters. The van der Waals surface area contributed by atoms with Gasteiger partial charge in [-0.15, -0.1) is 0 Å². The molecule has 0 amide bonds. The molecule has 0 saturated heterocycles. The zero-order chi connectivity index (χ0) is 12.8. The van der Waals surface area contributed by atoms with Crippen molar-refractivity contribution in [2.75, 3.05) is 20.2 Å². The van der Waals surface area contributed by atoms with Crippen LogP contribution < -0.4 is 4.74 Å². The molecule has 94 valence electrons. The molecule has 0 bridgehead atoms. The van der Waals surface area contributed by atoms with E-state index in [1.807, 2.05) is 18.7 Å². The summed E-state index contributed by atoms with van der Waals surface area (Å²) in [6.45, 7) is 5.77. The highest BCUT2D eigenvalue weighted by Gasteiger charge is 2.12. The largest absolute Gasteiger partial charge is 0.467 e. The van der Waals surface area contributed by atoms with Gasteiger partial charge in [0.2, 0.25) is 10.4 Å². The second kappa shape index (κ2) is 6.93. The van der Waals surface area contributed by atoms with Crippen molar-refractivity contribution >= 4 is 39.9 Å². The van der Waals surface area contributed by atoms with Crippen LogP contribution >= 0.6 is 35.6 Å². The van der Waals surface area contributed by atoms with Crippen LogP contribution in [0.15, 0.2) is 5.16 Å². The second-order valence-electron chi connectivity index (χ2n) is 2.91. The van der Waals surface area contributed by atoms with Gasteiger partial charge in [-0.25, -0.2) is 0 Å². The third-order valence-corrected chi connectivity index (χ3v) is 3.43. The van der Waals surface area contributed by atoms with Crippen LogP contribution in [0.4, 0.5) is 0 Å². The molecule has 1 aromatic heterocycles. The van der Waals surface area contributed by atoms with E-state index in [0.717, 1.165) is 13.1 Å². The Kier molecular flexibility index (Phi) is 5.87. The van der Waals surface area contributed by atoms with E-state index in [4.69, 9.17) is 28.6 Å². The number of hydrogen-bond donors (Lipinski definition) is 0. The molecule has 0 radical (unpaired) electrons. The Morgan fingerprint density at radius 3 is 2.53 bits per heavy atom. The highest BCUT2D eigenvalue weighted by Crippen LogP contribution is 2.20. The normalized spacial score (nSPS) is 10.1. The van der Waals surface area contributed by atoms with Crippen molar-refractivity contribution in [2.24, 2.45) is 0 Å². The molecule has 8 heteroatoms. The first-order valence-corrected chi connectivity index (χ1v) is 6.63. The molecule has 0 spiro atoms. The first-order chi connectivity index (χ1) is 8.10. The summed E-state index contributed by atoms with van der Waals surface area (Å²) in [5.41, 5.74) is 0. The predicted molar refractivity (Wildman–Crippen MR) is 72.8 cm³/mol. The fraction of sp³-hybridized carbons (Fsp3) is 0.556. The van der Waals surface area contributed by atoms with Gasteiger partial charge in [0.15, 0.2) is 0 Å². The third kappa shape index (κ3) is 4.25. The summed E-state index contributed by atoms with van der Waals surface area (Å²) in [5, 5.41) is 0.542. The van der Waals surface area contributed by atoms with Crippen molar-refractivity contribution in [3.63, 3.8) is 0 Å². The molecule has 0 aliphatic carbocycles. The molecule has 0 fully saturated rings. The van der Waals surface area contributed by atoms with Crippen molar-refractivity contribution in [1.82, 2.24) is 19.9 Å². The third-order valence-electron chi connectivity index (χ3n) is 1.95. The summed E-state index contributed by atoms with van der Waals surface area (Å²) in [4.78, 5) is 13.9. The Labute approximate surface area is 115 Å². The lowest BCUT2D eigenvalue weighted by atomic mass is 10.6. The molecule has 0 unspecified atom stereocenters. The first-order valence-electron chi connectivity index (χ1n) is 5.03. The second-order valence-corrected chi connectivity index (χ2v) is 4.85. The van der Waals surface area contributed by atoms with Crippen LogP contribution in [0.2, 0.25) is 5.28 Å². The highest BCUT2D eigenvalue weighted by molar-refractivity contribution is 8.22. The van der Waals surface area contributed by atoms with E-state index >= 15 is 0 Å². The smallest absolute Gasteiger partial charge is 0.321 e. The number of ether oxygens (including phenoxy) is 1. The Morgan fingerprint density at radius 2 is 2.00 bits per heavy atom. The zero-order valence-corrected chi connectivity index (χ0v) is 12.2. The number of hydrogen-bond acceptors (Lipinski definition) is 6. The van der Waals surface area contributed by atoms with Gasteiger partial charge in [-0.2, -0.15) is 15.0 Å². The number of aromatic nitrogens is 3. The molecule has 1 heterocycles. The molecular weight excluding hydrogens is 280 g/mol. The van der Waals surface area contributed by atoms with Gasteiger partial charge in [0.1, 0.15) is 4.32 Å². The van der Waals surface area contributed by atoms with Crippen molar-refractivity contribution in [2.45, 2.75) is 19.0 Å². The summed E-state index contributed by atoms with van der Waals surface area (Å²) in [5.74, 6) is 0. The standard InChI is InChI=1S/C9H13ClN4OS2/c1-4-14(5-2)9(16)17-8-12-6(10)11-7(13-8)15-3/h4-5H2,1-3H3. The molecule has 0 N–H and O–H groups in total. The minimum Gasteiger partial charge on any atom is -0.467 e. The van der Waals surface area contributed by atoms with Crippen LogP contribution in [0.3, 0.4) is 0 Å². The summed E-state index contributed by atoms with van der Waals surface area (Å²) in [6, 6.07) is 0.190. The highest BCUT2D eigenvalue weighted by atomic mass is 35.5. The zero-order valence-electron chi connectivity index (χ0n) is 9.81. The van der Waals surface area contributed by atoms with Gasteiger partial charge >= 0.3 is 6.01 Å². The number of nitrogens with zero attached hydrogens (tertiary/aromatic N) is 4. The van der Waals surface area contributed by atoms with Crippen molar-refractivity contribution in [3.8, 4) is 6.01 Å². The molecule has 0 saturated carbocycles. The minimum absolute atomic E-state index is 0.0988. The maximum absolute atomic E-state index is 5.75. The number of halogens is 1. The van der Waals surface area contributed by atoms with Gasteiger partial charge in [0.25, 0.3) is 0 Å². The van der Waals surface area contributed by atoms with Gasteiger partial charge in [0.05, 0.1) is 7.11 Å². The molecule has 1 rings (SSSR count). The number of thioether (sulfide) groups is 1. The van der Waals surface area contributed by atoms with E-state index < -0.39 is 0 Å². The average Bonchev–Trinajstić information content (AvgIpc) is 2.29. The summed E-state index contributed by atoms with van der Waals surface area (Å²) >= 11 is 12.3. The van der Waals surface area contributed by atoms with E-state index in [1.165, 1.54) is 18.9 Å². The Hall–Kier alpha value is -0.660. The van der Waals surface area contributed by atoms with E-state index in [1.54, 1.807) is 0 Å². The maximum Gasteiger partial charge on any atom is 0.321 e. The summed E-state index contributed by atoms with van der Waals surface area (Å²) in [7, 11) is 1.48. The minimum atomic E-state index is 0.0988. The lowest BCUT2D eigenvalue weighted by molar-refractivity contribution is 0.373. The predicted octanol–water partition coefficient (Wildman–Crippen LogP) is 2.25. The van der Waals surface area contributed by atoms with Crippen LogP contribution in [0, 0.1) is 0 Å². The van der Waals surface area contributed by atoms with Gasteiger partial charge in [-0.3, -0.25) is 0 Å². The fourth-order valence-electron chi connectivity index (χ4n) is 1.08. The van der Waals surface area contributed by atoms with Crippen LogP contribution in [-0.2, 0) is 0 Å². The van der Waals surface area contributed by atoms with Crippen molar-refractivity contribution in [3.05, 3.63) is 5.28 Å². The lowest BCUT2D eigenvalue weighted by Crippen LogP contribution is -2.26. The Balaban J connectivity index is 2.80. The average molecular weight is 293 g/mol. The Morgan fingerprint density at radius 1 is 1.35 bits per heavy atom. The van der Waals surface area contributed by atoms with Crippen LogP contribution in [0.1, 0.15) is 13.8 Å². The fourth-order valence-corrected chi connectivity index (χ4v) is 2.56. The Bertz CT molecular complexity index is 401. The maximum atomic E-state index is 5.75. The molecule has 0 aliphatic heterocycles. The monoisotopic (exact) mass is 292 g/mol. The molecule has 5 nitrogen and oxygen atoms in total. The molecule has 1 aromatic rings. The van der Waals surface area contributed by atoms with Crippen molar-refractivity contribution in [1.29, 1.82) is 0 Å². The SMILES string of the molecule is CCN(CC)C(=S)Sc1nc(Cl)nc(OC)n1. The van der Waals surface area contributed by atoms with E-state index in [0.29, 0.717) is 9.48 Å². The van der Waals surface area contributed by atoms with Crippen LogP contribution in [0.25, 0.3) is 0 Å². The number of methoxy groups -OCH3 is 1. The topological polar surface area (TPSA) is 51.1 Å². The van der Waals surface area contributed by atoms with Gasteiger partial charge < -0.3 is 9.64 Å². The van der Waals surface area contributed by atoms with E-state index in [-0.39, 0.29) is 11.3 Å². The molecule has 17 heavy (non-hydrogen) atoms. The van der Waals surface area contributed by atoms with Gasteiger partial charge in [-0.1, -0.05) is 12.2 Å². The number of rotatable bonds is 4. The quantitative estimate of drug-likeness (QED) is 0.623. The van der Waals surface area contributed by atoms with Crippen molar-refractivity contribution < 1.29 is 4.74 Å². The van der Waals surface area contributed by atoms with Crippen LogP contribution in [-0.4, -0.2) is 44.4 Å². The summed E-state index contributed by atoms with van der Waals surface area (Å²) in [6.07, 6.45) is 0. The molecule has 0 aromatic carbocycles.